The molecule has 1 aromatic carbocycles. The number of nitrogens with two attached hydrogens (primary N) is 1. The van der Waals surface area contributed by atoms with Crippen molar-refractivity contribution in [2.24, 2.45) is 5.16 Å². The first kappa shape index (κ1) is 35.4. The molecule has 2 saturated heterocycles. The van der Waals surface area contributed by atoms with Crippen LogP contribution in [0.15, 0.2) is 28.6 Å². The zero-order chi connectivity index (χ0) is 35.7. The summed E-state index contributed by atoms with van der Waals surface area (Å²) in [6.45, 7) is 5.16. The van der Waals surface area contributed by atoms with Crippen LogP contribution >= 0.6 is 23.3 Å². The molecule has 18 nitrogen and oxygen atoms in total. The molecule has 3 aliphatic heterocycles. The maximum absolute atomic E-state index is 13.4. The number of carbonyl (C=O) groups excluding carboxylic acids is 4. The lowest BCUT2D eigenvalue weighted by atomic mass is 10.0. The molecule has 3 amide bonds. The largest absolute Gasteiger partial charge is 0.504 e. The number of hydrogen-bond donors (Lipinski definition) is 7. The Morgan fingerprint density at radius 2 is 1.92 bits per heavy atom. The molecule has 262 valence electrons. The molecule has 49 heavy (non-hydrogen) atoms. The number of aliphatic carboxylic acids is 1. The molecule has 2 aromatic rings. The minimum atomic E-state index is -1.38. The third-order valence-corrected chi connectivity index (χ3v) is 10.2. The van der Waals surface area contributed by atoms with Gasteiger partial charge >= 0.3 is 5.97 Å². The second kappa shape index (κ2) is 13.9. The molecule has 20 heteroatoms. The van der Waals surface area contributed by atoms with Crippen molar-refractivity contribution < 1.29 is 53.7 Å². The molecule has 0 aliphatic carbocycles. The van der Waals surface area contributed by atoms with E-state index in [1.54, 1.807) is 0 Å². The number of hydrogen-bond acceptors (Lipinski definition) is 15. The highest BCUT2D eigenvalue weighted by molar-refractivity contribution is 8.00. The molecule has 0 saturated carbocycles. The Morgan fingerprint density at radius 1 is 1.20 bits per heavy atom. The normalized spacial score (nSPS) is 20.3. The van der Waals surface area contributed by atoms with E-state index < -0.39 is 63.7 Å². The zero-order valence-corrected chi connectivity index (χ0v) is 28.0. The van der Waals surface area contributed by atoms with E-state index in [1.807, 2.05) is 0 Å². The molecule has 2 atom stereocenters. The molecule has 5 rings (SSSR count). The predicted molar refractivity (Wildman–Crippen MR) is 175 cm³/mol. The molecule has 1 aromatic heterocycles. The molecule has 2 fully saturated rings. The predicted octanol–water partition coefficient (Wildman–Crippen LogP) is -0.285. The van der Waals surface area contributed by atoms with Crippen molar-refractivity contribution in [2.75, 3.05) is 44.2 Å². The number of quaternary nitrogens is 1. The van der Waals surface area contributed by atoms with Crippen LogP contribution in [-0.4, -0.2) is 130 Å². The van der Waals surface area contributed by atoms with Crippen LogP contribution in [0.2, 0.25) is 0 Å². The van der Waals surface area contributed by atoms with Crippen molar-refractivity contribution in [3.05, 3.63) is 34.8 Å². The highest BCUT2D eigenvalue weighted by Crippen LogP contribution is 2.41. The fourth-order valence-electron chi connectivity index (χ4n) is 5.84. The second-order valence-corrected chi connectivity index (χ2v) is 14.2. The molecule has 0 radical (unpaired) electrons. The van der Waals surface area contributed by atoms with Gasteiger partial charge in [-0.3, -0.25) is 24.1 Å². The third-order valence-electron chi connectivity index (χ3n) is 8.35. The standard InChI is InChI=1S/C29H34N8O10S2/c1-29(2,13-38)47-34-17(22-33-28(30)49-35-22)24(43)32-18-25(44)36-19(27(45)46)14(12-48-26(18)36)11-37(8-3-4-9-37)10-7-31-23(42)15-5-6-16(39)21(41)20(15)40/h5-6,13,18,26H,3-4,7-12H2,1-2H3,(H7-,30,31,32,33,34,35,39,40,41,42,43,45,46)/p+1/t18-,26-/m1/s1. The number of aromatic hydroxyl groups is 3. The van der Waals surface area contributed by atoms with Crippen LogP contribution in [0.4, 0.5) is 5.13 Å². The van der Waals surface area contributed by atoms with Gasteiger partial charge in [0.05, 0.1) is 31.7 Å². The number of nitrogens with one attached hydrogen (secondary N) is 2. The molecule has 3 aliphatic rings. The van der Waals surface area contributed by atoms with Gasteiger partial charge in [-0.2, -0.15) is 9.36 Å². The Hall–Kier alpha value is -4.95. The number of rotatable bonds is 13. The maximum atomic E-state index is 13.4. The number of β-lactam (4-membered cyclic amide) rings is 1. The number of amides is 3. The molecular formula is C29H35N8O10S2+. The summed E-state index contributed by atoms with van der Waals surface area (Å²) in [5, 5.41) is 48.0. The van der Waals surface area contributed by atoms with E-state index in [2.05, 4.69) is 25.1 Å². The van der Waals surface area contributed by atoms with E-state index in [0.717, 1.165) is 35.3 Å². The first-order chi connectivity index (χ1) is 23.2. The topological polar surface area (TPSA) is 267 Å². The minimum Gasteiger partial charge on any atom is -0.504 e. The van der Waals surface area contributed by atoms with Crippen LogP contribution in [0.5, 0.6) is 17.2 Å². The number of nitrogens with zero attached hydrogens (tertiary/aromatic N) is 5. The van der Waals surface area contributed by atoms with E-state index in [1.165, 1.54) is 31.7 Å². The SMILES string of the molecule is CC(C)(C=O)O/N=C(\C(=O)N[C@@H]1C(=O)N2C(C(=O)O)=C(C[N+]3(CCNC(=O)c4ccc(O)c(O)c4O)CCCC3)CS[C@H]12)c1nsc(N)n1. The van der Waals surface area contributed by atoms with Crippen LogP contribution in [0.1, 0.15) is 42.9 Å². The van der Waals surface area contributed by atoms with E-state index >= 15 is 0 Å². The number of carbonyl (C=O) groups is 5. The lowest BCUT2D eigenvalue weighted by Crippen LogP contribution is -2.71. The summed E-state index contributed by atoms with van der Waals surface area (Å²) in [6, 6.07) is 1.17. The minimum absolute atomic E-state index is 0.0420. The van der Waals surface area contributed by atoms with E-state index in [4.69, 9.17) is 10.6 Å². The highest BCUT2D eigenvalue weighted by atomic mass is 32.2. The summed E-state index contributed by atoms with van der Waals surface area (Å²) in [7, 11) is 0. The van der Waals surface area contributed by atoms with Crippen LogP contribution in [-0.2, 0) is 24.0 Å². The molecule has 8 N–H and O–H groups in total. The number of nitrogen functional groups attached to an aromatic ring is 1. The fraction of sp³-hybridized carbons (Fsp3) is 0.448. The number of fused-ring (bicyclic) bond motifs is 1. The number of benzene rings is 1. The van der Waals surface area contributed by atoms with Gasteiger partial charge in [0.1, 0.15) is 23.7 Å². The van der Waals surface area contributed by atoms with Crippen LogP contribution in [0.3, 0.4) is 0 Å². The highest BCUT2D eigenvalue weighted by Gasteiger charge is 2.55. The van der Waals surface area contributed by atoms with Gasteiger partial charge in [-0.15, -0.1) is 11.8 Å². The smallest absolute Gasteiger partial charge is 0.352 e. The summed E-state index contributed by atoms with van der Waals surface area (Å²) < 4.78 is 4.43. The first-order valence-electron chi connectivity index (χ1n) is 15.1. The number of aldehydes is 1. The number of carboxylic acid groups (broad SMARTS) is 1. The number of likely N-dealkylation sites (tertiary alicyclic amines) is 1. The monoisotopic (exact) mass is 719 g/mol. The third kappa shape index (κ3) is 7.25. The van der Waals surface area contributed by atoms with Crippen molar-refractivity contribution in [3.8, 4) is 17.2 Å². The van der Waals surface area contributed by atoms with Gasteiger partial charge in [0.25, 0.3) is 17.7 Å². The van der Waals surface area contributed by atoms with E-state index in [9.17, 15) is 44.4 Å². The van der Waals surface area contributed by atoms with Gasteiger partial charge < -0.3 is 46.1 Å². The quantitative estimate of drug-likeness (QED) is 0.0351. The van der Waals surface area contributed by atoms with Gasteiger partial charge in [0.2, 0.25) is 17.3 Å². The van der Waals surface area contributed by atoms with Crippen molar-refractivity contribution in [1.82, 2.24) is 24.9 Å². The number of phenols is 3. The number of oxime groups is 1. The number of anilines is 1. The number of carboxylic acids is 1. The Labute approximate surface area is 287 Å². The average Bonchev–Trinajstić information content (AvgIpc) is 3.71. The van der Waals surface area contributed by atoms with Crippen LogP contribution in [0.25, 0.3) is 0 Å². The second-order valence-electron chi connectivity index (χ2n) is 12.3. The van der Waals surface area contributed by atoms with Crippen molar-refractivity contribution >= 4 is 64.1 Å². The van der Waals surface area contributed by atoms with Gasteiger partial charge in [0, 0.05) is 35.7 Å². The van der Waals surface area contributed by atoms with Gasteiger partial charge in [-0.1, -0.05) is 5.16 Å². The Morgan fingerprint density at radius 3 is 2.55 bits per heavy atom. The fourth-order valence-corrected chi connectivity index (χ4v) is 7.61. The maximum Gasteiger partial charge on any atom is 0.352 e. The molecular weight excluding hydrogens is 684 g/mol. The lowest BCUT2D eigenvalue weighted by molar-refractivity contribution is -0.911. The lowest BCUT2D eigenvalue weighted by Gasteiger charge is -2.50. The average molecular weight is 720 g/mol. The van der Waals surface area contributed by atoms with Crippen LogP contribution in [0, 0.1) is 0 Å². The Bertz CT molecular complexity index is 1750. The van der Waals surface area contributed by atoms with Crippen molar-refractivity contribution in [2.45, 2.75) is 43.7 Å². The first-order valence-corrected chi connectivity index (χ1v) is 16.9. The van der Waals surface area contributed by atoms with Gasteiger partial charge in [-0.25, -0.2) is 4.79 Å². The Kier molecular flexibility index (Phi) is 10.0. The summed E-state index contributed by atoms with van der Waals surface area (Å²) in [5.41, 5.74) is 4.03. The van der Waals surface area contributed by atoms with Crippen molar-refractivity contribution in [3.63, 3.8) is 0 Å². The van der Waals surface area contributed by atoms with Gasteiger partial charge in [-0.05, 0) is 26.0 Å². The number of phenolic OH excluding ortho intramolecular Hbond substituents is 3. The van der Waals surface area contributed by atoms with E-state index in [0.29, 0.717) is 42.5 Å². The number of aromatic nitrogens is 2. The van der Waals surface area contributed by atoms with Crippen LogP contribution < -0.4 is 16.4 Å². The number of thioether (sulfide) groups is 1. The molecule has 0 unspecified atom stereocenters. The Balaban J connectivity index is 1.29. The van der Waals surface area contributed by atoms with E-state index in [-0.39, 0.29) is 34.5 Å². The van der Waals surface area contributed by atoms with Crippen molar-refractivity contribution in [1.29, 1.82) is 0 Å². The summed E-state index contributed by atoms with van der Waals surface area (Å²) in [5.74, 6) is -5.51. The summed E-state index contributed by atoms with van der Waals surface area (Å²) in [6.07, 6.45) is 2.23. The molecule has 0 bridgehead atoms. The van der Waals surface area contributed by atoms with Gasteiger partial charge in [0.15, 0.2) is 28.5 Å². The molecule has 4 heterocycles. The summed E-state index contributed by atoms with van der Waals surface area (Å²) >= 11 is 2.09. The summed E-state index contributed by atoms with van der Waals surface area (Å²) in [4.78, 5) is 73.7. The zero-order valence-electron chi connectivity index (χ0n) is 26.4. The molecule has 0 spiro atoms.